The highest BCUT2D eigenvalue weighted by molar-refractivity contribution is 5.98. The number of hydrogen-bond acceptors (Lipinski definition) is 2. The van der Waals surface area contributed by atoms with E-state index in [1.807, 2.05) is 5.32 Å². The molecule has 0 radical (unpaired) electrons. The molecule has 0 aliphatic rings. The molecule has 0 aromatic carbocycles. The van der Waals surface area contributed by atoms with Gasteiger partial charge >= 0.3 is 0 Å². The van der Waals surface area contributed by atoms with E-state index in [1.54, 1.807) is 6.92 Å². The maximum atomic E-state index is 10.5. The van der Waals surface area contributed by atoms with Crippen molar-refractivity contribution in [2.45, 2.75) is 13.3 Å². The van der Waals surface area contributed by atoms with E-state index in [0.29, 0.717) is 18.4 Å². The average molecular weight is 127 g/mol. The molecule has 0 heterocycles. The molecule has 0 aromatic rings. The third-order valence-electron chi connectivity index (χ3n) is 0.938. The molecule has 0 saturated carbocycles. The van der Waals surface area contributed by atoms with Gasteiger partial charge in [-0.1, -0.05) is 13.5 Å². The van der Waals surface area contributed by atoms with Crippen LogP contribution < -0.4 is 5.32 Å². The van der Waals surface area contributed by atoms with Crippen LogP contribution in [0.5, 0.6) is 0 Å². The maximum absolute atomic E-state index is 10.5. The first-order valence-corrected chi connectivity index (χ1v) is 2.64. The monoisotopic (exact) mass is 127 g/mol. The number of nitrogens with one attached hydrogen (secondary N) is 1. The summed E-state index contributed by atoms with van der Waals surface area (Å²) in [6.07, 6.45) is 0.919. The molecule has 0 saturated heterocycles. The SMILES string of the molecule is C=C(CC)C(=O)NC=O. The number of amides is 2. The molecule has 3 nitrogen and oxygen atoms in total. The van der Waals surface area contributed by atoms with Gasteiger partial charge in [0.2, 0.25) is 6.41 Å². The Morgan fingerprint density at radius 2 is 2.33 bits per heavy atom. The van der Waals surface area contributed by atoms with E-state index in [1.165, 1.54) is 0 Å². The molecule has 0 aliphatic heterocycles. The lowest BCUT2D eigenvalue weighted by atomic mass is 10.2. The Balaban J connectivity index is 3.73. The van der Waals surface area contributed by atoms with Gasteiger partial charge in [-0.3, -0.25) is 14.9 Å². The Bertz CT molecular complexity index is 140. The summed E-state index contributed by atoms with van der Waals surface area (Å²) in [6, 6.07) is 0. The Morgan fingerprint density at radius 3 is 2.67 bits per heavy atom. The van der Waals surface area contributed by atoms with Crippen molar-refractivity contribution in [3.8, 4) is 0 Å². The lowest BCUT2D eigenvalue weighted by molar-refractivity contribution is -0.122. The van der Waals surface area contributed by atoms with Gasteiger partial charge in [0.05, 0.1) is 0 Å². The zero-order valence-corrected chi connectivity index (χ0v) is 5.31. The van der Waals surface area contributed by atoms with Crippen molar-refractivity contribution in [3.05, 3.63) is 12.2 Å². The van der Waals surface area contributed by atoms with E-state index in [4.69, 9.17) is 0 Å². The van der Waals surface area contributed by atoms with Crippen LogP contribution in [0.1, 0.15) is 13.3 Å². The summed E-state index contributed by atoms with van der Waals surface area (Å²) in [7, 11) is 0. The molecular formula is C6H9NO2. The molecule has 0 bridgehead atoms. The molecule has 0 aliphatic carbocycles. The Kier molecular flexibility index (Phi) is 3.35. The van der Waals surface area contributed by atoms with Crippen LogP contribution in [-0.4, -0.2) is 12.3 Å². The molecule has 1 N–H and O–H groups in total. The van der Waals surface area contributed by atoms with E-state index >= 15 is 0 Å². The van der Waals surface area contributed by atoms with E-state index < -0.39 is 5.91 Å². The number of imide groups is 1. The van der Waals surface area contributed by atoms with Crippen LogP contribution in [0, 0.1) is 0 Å². The zero-order valence-electron chi connectivity index (χ0n) is 5.31. The van der Waals surface area contributed by atoms with Crippen LogP contribution in [0.4, 0.5) is 0 Å². The van der Waals surface area contributed by atoms with E-state index in [9.17, 15) is 9.59 Å². The highest BCUT2D eigenvalue weighted by atomic mass is 16.2. The van der Waals surface area contributed by atoms with Crippen LogP contribution in [0.3, 0.4) is 0 Å². The van der Waals surface area contributed by atoms with Gasteiger partial charge in [-0.05, 0) is 6.42 Å². The van der Waals surface area contributed by atoms with Gasteiger partial charge in [0.15, 0.2) is 0 Å². The normalized spacial score (nSPS) is 8.11. The van der Waals surface area contributed by atoms with Crippen LogP contribution in [0.25, 0.3) is 0 Å². The fraction of sp³-hybridized carbons (Fsp3) is 0.333. The van der Waals surface area contributed by atoms with Crippen molar-refractivity contribution < 1.29 is 9.59 Å². The minimum atomic E-state index is -0.396. The first kappa shape index (κ1) is 7.88. The molecule has 0 aromatic heterocycles. The molecule has 2 amide bonds. The highest BCUT2D eigenvalue weighted by Crippen LogP contribution is 1.93. The summed E-state index contributed by atoms with van der Waals surface area (Å²) in [5, 5.41) is 1.98. The molecule has 0 unspecified atom stereocenters. The van der Waals surface area contributed by atoms with Crippen LogP contribution in [0.2, 0.25) is 0 Å². The Morgan fingerprint density at radius 1 is 1.78 bits per heavy atom. The van der Waals surface area contributed by atoms with Gasteiger partial charge < -0.3 is 0 Å². The van der Waals surface area contributed by atoms with Crippen molar-refractivity contribution in [1.29, 1.82) is 0 Å². The maximum Gasteiger partial charge on any atom is 0.252 e. The van der Waals surface area contributed by atoms with Crippen molar-refractivity contribution >= 4 is 12.3 Å². The molecule has 9 heavy (non-hydrogen) atoms. The number of hydrogen-bond donors (Lipinski definition) is 1. The van der Waals surface area contributed by atoms with E-state index in [0.717, 1.165) is 0 Å². The first-order valence-electron chi connectivity index (χ1n) is 2.64. The third kappa shape index (κ3) is 2.64. The molecule has 0 fully saturated rings. The summed E-state index contributed by atoms with van der Waals surface area (Å²) in [5.74, 6) is -0.396. The van der Waals surface area contributed by atoms with Gasteiger partial charge in [0, 0.05) is 5.57 Å². The Hall–Kier alpha value is -1.12. The number of carbonyl (C=O) groups is 2. The van der Waals surface area contributed by atoms with Gasteiger partial charge in [-0.25, -0.2) is 0 Å². The lowest BCUT2D eigenvalue weighted by Gasteiger charge is -1.95. The highest BCUT2D eigenvalue weighted by Gasteiger charge is 2.00. The zero-order chi connectivity index (χ0) is 7.28. The standard InChI is InChI=1S/C6H9NO2/c1-3-5(2)6(9)7-4-8/h4H,2-3H2,1H3,(H,7,8,9). The molecule has 0 rings (SSSR count). The number of rotatable bonds is 3. The van der Waals surface area contributed by atoms with Crippen molar-refractivity contribution in [1.82, 2.24) is 5.32 Å². The summed E-state index contributed by atoms with van der Waals surface area (Å²) in [5.41, 5.74) is 0.419. The van der Waals surface area contributed by atoms with Crippen molar-refractivity contribution in [2.24, 2.45) is 0 Å². The lowest BCUT2D eigenvalue weighted by Crippen LogP contribution is -2.22. The Labute approximate surface area is 53.7 Å². The largest absolute Gasteiger partial charge is 0.295 e. The van der Waals surface area contributed by atoms with Crippen molar-refractivity contribution in [3.63, 3.8) is 0 Å². The summed E-state index contributed by atoms with van der Waals surface area (Å²) < 4.78 is 0. The smallest absolute Gasteiger partial charge is 0.252 e. The third-order valence-corrected chi connectivity index (χ3v) is 0.938. The minimum absolute atomic E-state index is 0.350. The van der Waals surface area contributed by atoms with Crippen LogP contribution in [0.15, 0.2) is 12.2 Å². The molecule has 3 heteroatoms. The van der Waals surface area contributed by atoms with Gasteiger partial charge in [-0.15, -0.1) is 0 Å². The fourth-order valence-electron chi connectivity index (χ4n) is 0.316. The van der Waals surface area contributed by atoms with E-state index in [2.05, 4.69) is 6.58 Å². The second kappa shape index (κ2) is 3.83. The summed E-state index contributed by atoms with van der Waals surface area (Å²) in [6.45, 7) is 5.22. The minimum Gasteiger partial charge on any atom is -0.295 e. The first-order chi connectivity index (χ1) is 4.22. The predicted octanol–water partition coefficient (Wildman–Crippen LogP) is 0.225. The van der Waals surface area contributed by atoms with Gasteiger partial charge in [-0.2, -0.15) is 0 Å². The molecule has 0 spiro atoms. The second-order valence-corrected chi connectivity index (χ2v) is 1.55. The molecule has 0 atom stereocenters. The van der Waals surface area contributed by atoms with Crippen LogP contribution in [-0.2, 0) is 9.59 Å². The van der Waals surface area contributed by atoms with E-state index in [-0.39, 0.29) is 0 Å². The number of carbonyl (C=O) groups excluding carboxylic acids is 2. The summed E-state index contributed by atoms with van der Waals surface area (Å²) >= 11 is 0. The second-order valence-electron chi connectivity index (χ2n) is 1.55. The molecule has 50 valence electrons. The fourth-order valence-corrected chi connectivity index (χ4v) is 0.316. The van der Waals surface area contributed by atoms with Crippen molar-refractivity contribution in [2.75, 3.05) is 0 Å². The quantitative estimate of drug-likeness (QED) is 0.435. The van der Waals surface area contributed by atoms with Crippen LogP contribution >= 0.6 is 0 Å². The summed E-state index contributed by atoms with van der Waals surface area (Å²) in [4.78, 5) is 20.2. The molecular weight excluding hydrogens is 118 g/mol. The van der Waals surface area contributed by atoms with Gasteiger partial charge in [0.25, 0.3) is 5.91 Å². The average Bonchev–Trinajstić information content (AvgIpc) is 1.87. The van der Waals surface area contributed by atoms with Gasteiger partial charge in [0.1, 0.15) is 0 Å². The topological polar surface area (TPSA) is 46.2 Å². The predicted molar refractivity (Wildman–Crippen MR) is 33.6 cm³/mol.